The fourth-order valence-corrected chi connectivity index (χ4v) is 1.37. The van der Waals surface area contributed by atoms with Gasteiger partial charge in [0.15, 0.2) is 11.6 Å². The van der Waals surface area contributed by atoms with E-state index in [1.807, 2.05) is 0 Å². The highest BCUT2D eigenvalue weighted by Crippen LogP contribution is 2.14. The molecule has 0 aliphatic carbocycles. The summed E-state index contributed by atoms with van der Waals surface area (Å²) in [5, 5.41) is 2.41. The Hall–Kier alpha value is -2.08. The lowest BCUT2D eigenvalue weighted by molar-refractivity contribution is 0.102. The zero-order valence-electron chi connectivity index (χ0n) is 8.82. The smallest absolute Gasteiger partial charge is 0.275 e. The molecule has 0 unspecified atom stereocenters. The van der Waals surface area contributed by atoms with Crippen molar-refractivity contribution >= 4 is 23.2 Å². The van der Waals surface area contributed by atoms with Gasteiger partial charge in [-0.05, 0) is 12.1 Å². The number of carbonyl (C=O) groups is 1. The quantitative estimate of drug-likeness (QED) is 0.912. The van der Waals surface area contributed by atoms with Crippen molar-refractivity contribution in [3.8, 4) is 0 Å². The van der Waals surface area contributed by atoms with Gasteiger partial charge in [-0.2, -0.15) is 0 Å². The lowest BCUT2D eigenvalue weighted by Gasteiger charge is -2.04. The average Bonchev–Trinajstić information content (AvgIpc) is 2.34. The molecule has 92 valence electrons. The summed E-state index contributed by atoms with van der Waals surface area (Å²) in [5.41, 5.74) is 0.0907. The van der Waals surface area contributed by atoms with Crippen LogP contribution in [-0.2, 0) is 0 Å². The van der Waals surface area contributed by atoms with Crippen molar-refractivity contribution < 1.29 is 13.6 Å². The molecule has 2 aromatic rings. The fraction of sp³-hybridized carbons (Fsp3) is 0. The number of halogens is 3. The normalized spacial score (nSPS) is 10.2. The summed E-state index contributed by atoms with van der Waals surface area (Å²) in [6.07, 6.45) is 2.48. The van der Waals surface area contributed by atoms with Crippen LogP contribution in [0.2, 0.25) is 5.15 Å². The fourth-order valence-electron chi connectivity index (χ4n) is 1.22. The molecule has 1 heterocycles. The number of hydrogen-bond donors (Lipinski definition) is 1. The molecule has 4 nitrogen and oxygen atoms in total. The molecule has 0 saturated carbocycles. The van der Waals surface area contributed by atoms with Gasteiger partial charge in [-0.25, -0.2) is 13.8 Å². The second kappa shape index (κ2) is 5.05. The van der Waals surface area contributed by atoms with Crippen LogP contribution in [0.15, 0.2) is 30.6 Å². The van der Waals surface area contributed by atoms with Gasteiger partial charge in [0.1, 0.15) is 10.8 Å². The molecule has 0 aliphatic heterocycles. The zero-order valence-corrected chi connectivity index (χ0v) is 9.58. The Balaban J connectivity index is 2.18. The van der Waals surface area contributed by atoms with E-state index in [0.29, 0.717) is 0 Å². The summed E-state index contributed by atoms with van der Waals surface area (Å²) in [7, 11) is 0. The minimum absolute atomic E-state index is 0.0211. The van der Waals surface area contributed by atoms with E-state index in [-0.39, 0.29) is 16.5 Å². The third-order valence-electron chi connectivity index (χ3n) is 2.02. The van der Waals surface area contributed by atoms with Crippen LogP contribution in [0.5, 0.6) is 0 Å². The van der Waals surface area contributed by atoms with E-state index in [4.69, 9.17) is 11.6 Å². The Bertz CT molecular complexity index is 607. The van der Waals surface area contributed by atoms with E-state index in [9.17, 15) is 13.6 Å². The Labute approximate surface area is 106 Å². The molecule has 0 bridgehead atoms. The summed E-state index contributed by atoms with van der Waals surface area (Å²) >= 11 is 5.57. The van der Waals surface area contributed by atoms with E-state index in [0.717, 1.165) is 12.1 Å². The number of nitrogens with one attached hydrogen (secondary N) is 1. The zero-order chi connectivity index (χ0) is 13.1. The van der Waals surface area contributed by atoms with Gasteiger partial charge >= 0.3 is 0 Å². The predicted molar refractivity (Wildman–Crippen MR) is 61.4 cm³/mol. The monoisotopic (exact) mass is 269 g/mol. The number of benzene rings is 1. The first-order chi connectivity index (χ1) is 8.56. The van der Waals surface area contributed by atoms with E-state index in [1.54, 1.807) is 0 Å². The van der Waals surface area contributed by atoms with Gasteiger partial charge in [-0.3, -0.25) is 9.78 Å². The van der Waals surface area contributed by atoms with Crippen molar-refractivity contribution in [2.45, 2.75) is 0 Å². The van der Waals surface area contributed by atoms with Crippen molar-refractivity contribution in [3.05, 3.63) is 53.1 Å². The number of aromatic nitrogens is 2. The molecule has 0 fully saturated rings. The molecular formula is C11H6ClF2N3O. The molecular weight excluding hydrogens is 264 g/mol. The lowest BCUT2D eigenvalue weighted by atomic mass is 10.3. The van der Waals surface area contributed by atoms with E-state index in [1.165, 1.54) is 18.5 Å². The van der Waals surface area contributed by atoms with Gasteiger partial charge in [0.2, 0.25) is 0 Å². The Morgan fingerprint density at radius 1 is 1.22 bits per heavy atom. The van der Waals surface area contributed by atoms with Crippen LogP contribution < -0.4 is 5.32 Å². The van der Waals surface area contributed by atoms with Crippen LogP contribution in [-0.4, -0.2) is 15.9 Å². The van der Waals surface area contributed by atoms with Crippen molar-refractivity contribution in [2.75, 3.05) is 5.32 Å². The van der Waals surface area contributed by atoms with Crippen LogP contribution in [0.25, 0.3) is 0 Å². The summed E-state index contributed by atoms with van der Waals surface area (Å²) in [5.74, 6) is -2.66. The first kappa shape index (κ1) is 12.4. The molecule has 0 saturated heterocycles. The van der Waals surface area contributed by atoms with Crippen molar-refractivity contribution in [1.82, 2.24) is 9.97 Å². The van der Waals surface area contributed by atoms with Gasteiger partial charge in [-0.1, -0.05) is 11.6 Å². The summed E-state index contributed by atoms with van der Waals surface area (Å²) in [6, 6.07) is 3.01. The van der Waals surface area contributed by atoms with Gasteiger partial charge in [0.05, 0.1) is 12.4 Å². The SMILES string of the molecule is O=C(Nc1ccc(F)c(F)c1)c1cncc(Cl)n1. The minimum Gasteiger partial charge on any atom is -0.320 e. The highest BCUT2D eigenvalue weighted by molar-refractivity contribution is 6.29. The third-order valence-corrected chi connectivity index (χ3v) is 2.20. The van der Waals surface area contributed by atoms with Crippen LogP contribution in [0.4, 0.5) is 14.5 Å². The van der Waals surface area contributed by atoms with E-state index < -0.39 is 17.5 Å². The summed E-state index contributed by atoms with van der Waals surface area (Å²) in [4.78, 5) is 19.1. The molecule has 0 spiro atoms. The number of anilines is 1. The van der Waals surface area contributed by atoms with E-state index >= 15 is 0 Å². The van der Waals surface area contributed by atoms with Gasteiger partial charge < -0.3 is 5.32 Å². The second-order valence-corrected chi connectivity index (χ2v) is 3.70. The molecule has 0 atom stereocenters. The standard InChI is InChI=1S/C11H6ClF2N3O/c12-10-5-15-4-9(17-10)11(18)16-6-1-2-7(13)8(14)3-6/h1-5H,(H,16,18). The molecule has 0 radical (unpaired) electrons. The van der Waals surface area contributed by atoms with Gasteiger partial charge in [-0.15, -0.1) is 0 Å². The second-order valence-electron chi connectivity index (χ2n) is 3.31. The topological polar surface area (TPSA) is 54.9 Å². The maximum atomic E-state index is 12.9. The number of hydrogen-bond acceptors (Lipinski definition) is 3. The maximum Gasteiger partial charge on any atom is 0.275 e. The molecule has 1 aromatic heterocycles. The Morgan fingerprint density at radius 3 is 2.67 bits per heavy atom. The Morgan fingerprint density at radius 2 is 2.00 bits per heavy atom. The third kappa shape index (κ3) is 2.78. The molecule has 1 aromatic carbocycles. The molecule has 0 aliphatic rings. The predicted octanol–water partition coefficient (Wildman–Crippen LogP) is 2.66. The average molecular weight is 270 g/mol. The number of rotatable bonds is 2. The molecule has 18 heavy (non-hydrogen) atoms. The largest absolute Gasteiger partial charge is 0.320 e. The van der Waals surface area contributed by atoms with Gasteiger partial charge in [0.25, 0.3) is 5.91 Å². The van der Waals surface area contributed by atoms with Gasteiger partial charge in [0, 0.05) is 11.8 Å². The van der Waals surface area contributed by atoms with Crippen molar-refractivity contribution in [1.29, 1.82) is 0 Å². The first-order valence-corrected chi connectivity index (χ1v) is 5.18. The van der Waals surface area contributed by atoms with Crippen LogP contribution >= 0.6 is 11.6 Å². The van der Waals surface area contributed by atoms with Crippen LogP contribution in [0, 0.1) is 11.6 Å². The molecule has 7 heteroatoms. The number of amides is 1. The molecule has 1 N–H and O–H groups in total. The van der Waals surface area contributed by atoms with Crippen LogP contribution in [0.1, 0.15) is 10.5 Å². The maximum absolute atomic E-state index is 12.9. The minimum atomic E-state index is -1.05. The highest BCUT2D eigenvalue weighted by atomic mass is 35.5. The Kier molecular flexibility index (Phi) is 3.47. The molecule has 1 amide bonds. The van der Waals surface area contributed by atoms with Crippen LogP contribution in [0.3, 0.4) is 0 Å². The highest BCUT2D eigenvalue weighted by Gasteiger charge is 2.10. The van der Waals surface area contributed by atoms with Crippen molar-refractivity contribution in [2.24, 2.45) is 0 Å². The van der Waals surface area contributed by atoms with E-state index in [2.05, 4.69) is 15.3 Å². The summed E-state index contributed by atoms with van der Waals surface area (Å²) in [6.45, 7) is 0. The number of nitrogens with zero attached hydrogens (tertiary/aromatic N) is 2. The number of carbonyl (C=O) groups excluding carboxylic acids is 1. The van der Waals surface area contributed by atoms with Crippen molar-refractivity contribution in [3.63, 3.8) is 0 Å². The lowest BCUT2D eigenvalue weighted by Crippen LogP contribution is -2.14. The first-order valence-electron chi connectivity index (χ1n) is 4.80. The molecule has 2 rings (SSSR count). The summed E-state index contributed by atoms with van der Waals surface area (Å²) < 4.78 is 25.6.